The summed E-state index contributed by atoms with van der Waals surface area (Å²) in [5.74, 6) is -0.308. The first-order valence-electron chi connectivity index (χ1n) is 9.54. The number of allylic oxidation sites excluding steroid dienone is 1. The molecular weight excluding hydrogens is 424 g/mol. The van der Waals surface area contributed by atoms with E-state index >= 15 is 0 Å². The van der Waals surface area contributed by atoms with Gasteiger partial charge in [0.05, 0.1) is 11.4 Å². The maximum absolute atomic E-state index is 12.8. The average Bonchev–Trinajstić information content (AvgIpc) is 3.22. The molecule has 1 unspecified atom stereocenters. The molecule has 30 heavy (non-hydrogen) atoms. The highest BCUT2D eigenvalue weighted by atomic mass is 35.5. The van der Waals surface area contributed by atoms with Crippen LogP contribution in [0.3, 0.4) is 0 Å². The SMILES string of the molecule is C=C1CCC(N2Cc3cc(CNC(=O)Nc4ccc(C)c(Cl)c4)sc3C2=O)C(=O)N1. The number of halogens is 1. The first kappa shape index (κ1) is 20.4. The fourth-order valence-electron chi connectivity index (χ4n) is 3.58. The minimum Gasteiger partial charge on any atom is -0.333 e. The number of urea groups is 1. The Balaban J connectivity index is 1.34. The molecule has 9 heteroatoms. The second-order valence-corrected chi connectivity index (χ2v) is 8.96. The highest BCUT2D eigenvalue weighted by Gasteiger charge is 2.39. The molecule has 0 aliphatic carbocycles. The van der Waals surface area contributed by atoms with E-state index in [4.69, 9.17) is 11.6 Å². The van der Waals surface area contributed by atoms with Crippen molar-refractivity contribution in [2.24, 2.45) is 0 Å². The second kappa shape index (κ2) is 8.12. The standard InChI is InChI=1S/C21H21ClN4O3S/c1-11-3-5-14(8-16(11)22)25-21(29)23-9-15-7-13-10-26(20(28)18(13)30-15)17-6-4-12(2)24-19(17)27/h3,5,7-8,17H,2,4,6,9-10H2,1H3,(H,24,27)(H2,23,25,29). The van der Waals surface area contributed by atoms with Crippen molar-refractivity contribution in [1.82, 2.24) is 15.5 Å². The lowest BCUT2D eigenvalue weighted by atomic mass is 10.0. The smallest absolute Gasteiger partial charge is 0.319 e. The summed E-state index contributed by atoms with van der Waals surface area (Å²) in [5.41, 5.74) is 3.13. The van der Waals surface area contributed by atoms with Crippen LogP contribution < -0.4 is 16.0 Å². The van der Waals surface area contributed by atoms with E-state index in [1.54, 1.807) is 17.0 Å². The summed E-state index contributed by atoms with van der Waals surface area (Å²) in [6.45, 7) is 6.38. The third-order valence-electron chi connectivity index (χ3n) is 5.21. The lowest BCUT2D eigenvalue weighted by Crippen LogP contribution is -2.49. The van der Waals surface area contributed by atoms with Crippen LogP contribution in [0.5, 0.6) is 0 Å². The lowest BCUT2D eigenvalue weighted by Gasteiger charge is -2.31. The lowest BCUT2D eigenvalue weighted by molar-refractivity contribution is -0.126. The summed E-state index contributed by atoms with van der Waals surface area (Å²) in [7, 11) is 0. The minimum absolute atomic E-state index is 0.132. The molecule has 0 radical (unpaired) electrons. The predicted octanol–water partition coefficient (Wildman–Crippen LogP) is 3.78. The molecule has 3 N–H and O–H groups in total. The topological polar surface area (TPSA) is 90.5 Å². The number of piperidine rings is 1. The van der Waals surface area contributed by atoms with Crippen molar-refractivity contribution in [3.05, 3.63) is 62.4 Å². The number of fused-ring (bicyclic) bond motifs is 1. The molecule has 156 valence electrons. The number of carbonyl (C=O) groups excluding carboxylic acids is 3. The van der Waals surface area contributed by atoms with Gasteiger partial charge in [-0.1, -0.05) is 24.2 Å². The van der Waals surface area contributed by atoms with E-state index < -0.39 is 6.04 Å². The zero-order valence-electron chi connectivity index (χ0n) is 16.4. The fraction of sp³-hybridized carbons (Fsp3) is 0.286. The first-order valence-corrected chi connectivity index (χ1v) is 10.7. The van der Waals surface area contributed by atoms with Crippen molar-refractivity contribution >= 4 is 46.5 Å². The predicted molar refractivity (Wildman–Crippen MR) is 117 cm³/mol. The molecule has 0 bridgehead atoms. The second-order valence-electron chi connectivity index (χ2n) is 7.42. The van der Waals surface area contributed by atoms with Gasteiger partial charge >= 0.3 is 6.03 Å². The summed E-state index contributed by atoms with van der Waals surface area (Å²) < 4.78 is 0. The van der Waals surface area contributed by atoms with E-state index in [0.29, 0.717) is 47.2 Å². The largest absolute Gasteiger partial charge is 0.333 e. The number of anilines is 1. The maximum Gasteiger partial charge on any atom is 0.319 e. The molecule has 2 aliphatic rings. The summed E-state index contributed by atoms with van der Waals surface area (Å²) in [6.07, 6.45) is 1.26. The molecule has 1 aromatic heterocycles. The third-order valence-corrected chi connectivity index (χ3v) is 6.78. The Labute approximate surface area is 183 Å². The Kier molecular flexibility index (Phi) is 5.53. The number of rotatable bonds is 4. The van der Waals surface area contributed by atoms with Crippen molar-refractivity contribution in [2.75, 3.05) is 5.32 Å². The fourth-order valence-corrected chi connectivity index (χ4v) is 4.83. The number of thiophene rings is 1. The van der Waals surface area contributed by atoms with Gasteiger partial charge in [0.15, 0.2) is 0 Å². The average molecular weight is 445 g/mol. The van der Waals surface area contributed by atoms with Gasteiger partial charge in [0.2, 0.25) is 5.91 Å². The van der Waals surface area contributed by atoms with Crippen LogP contribution in [-0.2, 0) is 17.9 Å². The molecular formula is C21H21ClN4O3S. The highest BCUT2D eigenvalue weighted by Crippen LogP contribution is 2.34. The Morgan fingerprint density at radius 3 is 2.87 bits per heavy atom. The van der Waals surface area contributed by atoms with Gasteiger partial charge in [-0.15, -0.1) is 11.3 Å². The third kappa shape index (κ3) is 4.06. The Morgan fingerprint density at radius 2 is 2.17 bits per heavy atom. The highest BCUT2D eigenvalue weighted by molar-refractivity contribution is 7.14. The van der Waals surface area contributed by atoms with Crippen LogP contribution in [0.1, 0.15) is 38.5 Å². The molecule has 1 fully saturated rings. The van der Waals surface area contributed by atoms with Crippen LogP contribution in [0.4, 0.5) is 10.5 Å². The van der Waals surface area contributed by atoms with E-state index in [2.05, 4.69) is 22.5 Å². The van der Waals surface area contributed by atoms with Crippen LogP contribution in [0.15, 0.2) is 36.5 Å². The molecule has 0 spiro atoms. The Bertz CT molecular complexity index is 1060. The summed E-state index contributed by atoms with van der Waals surface area (Å²) in [4.78, 5) is 40.3. The van der Waals surface area contributed by atoms with Crippen molar-refractivity contribution in [1.29, 1.82) is 0 Å². The van der Waals surface area contributed by atoms with Crippen molar-refractivity contribution in [2.45, 2.75) is 38.9 Å². The van der Waals surface area contributed by atoms with Crippen LogP contribution in [0, 0.1) is 6.92 Å². The number of hydrogen-bond acceptors (Lipinski definition) is 4. The molecule has 0 saturated carbocycles. The number of nitrogens with zero attached hydrogens (tertiary/aromatic N) is 1. The quantitative estimate of drug-likeness (QED) is 0.670. The molecule has 7 nitrogen and oxygen atoms in total. The van der Waals surface area contributed by atoms with Gasteiger partial charge in [0.1, 0.15) is 6.04 Å². The van der Waals surface area contributed by atoms with Gasteiger partial charge in [-0.3, -0.25) is 9.59 Å². The van der Waals surface area contributed by atoms with Gasteiger partial charge in [-0.25, -0.2) is 4.79 Å². The summed E-state index contributed by atoms with van der Waals surface area (Å²) in [5, 5.41) is 8.84. The summed E-state index contributed by atoms with van der Waals surface area (Å²) in [6, 6.07) is 6.42. The van der Waals surface area contributed by atoms with Crippen LogP contribution in [-0.4, -0.2) is 28.8 Å². The Morgan fingerprint density at radius 1 is 1.37 bits per heavy atom. The van der Waals surface area contributed by atoms with Gasteiger partial charge in [0, 0.05) is 27.8 Å². The molecule has 4 rings (SSSR count). The van der Waals surface area contributed by atoms with Gasteiger partial charge in [-0.2, -0.15) is 0 Å². The van der Waals surface area contributed by atoms with E-state index in [1.807, 2.05) is 19.1 Å². The number of amides is 4. The van der Waals surface area contributed by atoms with Gasteiger partial charge in [0.25, 0.3) is 5.91 Å². The maximum atomic E-state index is 12.8. The number of carbonyl (C=O) groups is 3. The van der Waals surface area contributed by atoms with Gasteiger partial charge in [-0.05, 0) is 49.1 Å². The van der Waals surface area contributed by atoms with E-state index in [9.17, 15) is 14.4 Å². The summed E-state index contributed by atoms with van der Waals surface area (Å²) >= 11 is 7.42. The zero-order chi connectivity index (χ0) is 21.4. The Hall–Kier alpha value is -2.84. The van der Waals surface area contributed by atoms with Gasteiger partial charge < -0.3 is 20.9 Å². The monoisotopic (exact) mass is 444 g/mol. The zero-order valence-corrected chi connectivity index (χ0v) is 18.0. The first-order chi connectivity index (χ1) is 14.3. The molecule has 2 aromatic rings. The molecule has 1 saturated heterocycles. The van der Waals surface area contributed by atoms with Crippen LogP contribution in [0.2, 0.25) is 5.02 Å². The number of benzene rings is 1. The number of hydrogen-bond donors (Lipinski definition) is 3. The van der Waals surface area contributed by atoms with E-state index in [1.165, 1.54) is 11.3 Å². The number of nitrogens with one attached hydrogen (secondary N) is 3. The molecule has 1 atom stereocenters. The van der Waals surface area contributed by atoms with E-state index in [0.717, 1.165) is 16.0 Å². The minimum atomic E-state index is -0.462. The number of aryl methyl sites for hydroxylation is 1. The van der Waals surface area contributed by atoms with Crippen LogP contribution >= 0.6 is 22.9 Å². The van der Waals surface area contributed by atoms with Crippen molar-refractivity contribution < 1.29 is 14.4 Å². The molecule has 2 aliphatic heterocycles. The van der Waals surface area contributed by atoms with Crippen LogP contribution in [0.25, 0.3) is 0 Å². The molecule has 3 heterocycles. The molecule has 1 aromatic carbocycles. The van der Waals surface area contributed by atoms with E-state index in [-0.39, 0.29) is 17.8 Å². The van der Waals surface area contributed by atoms with Crippen molar-refractivity contribution in [3.63, 3.8) is 0 Å². The van der Waals surface area contributed by atoms with Crippen molar-refractivity contribution in [3.8, 4) is 0 Å². The normalized spacial score (nSPS) is 18.3. The molecule has 4 amide bonds.